The fraction of sp³-hybridized carbons (Fsp3) is 0.364. The average molecular weight is 390 g/mol. The Morgan fingerprint density at radius 2 is 2.25 bits per heavy atom. The maximum Gasteiger partial charge on any atom is 0.360 e. The number of hydrogen-bond acceptors (Lipinski definition) is 6. The maximum atomic E-state index is 11.9. The molecule has 1 fully saturated rings. The molecule has 9 heteroatoms. The van der Waals surface area contributed by atoms with Crippen molar-refractivity contribution in [2.75, 3.05) is 18.6 Å². The van der Waals surface area contributed by atoms with Gasteiger partial charge in [0.2, 0.25) is 11.8 Å². The standard InChI is InChI=1S/C11H11IN4O4/c1-20-11(19)8-10(14-3-6(12)15-8)16-4-5(9(13)18)2-7(16)17/h3,5H,2,4H2,1H3,(H2,13,18). The number of anilines is 1. The molecule has 2 rings (SSSR count). The van der Waals surface area contributed by atoms with Crippen molar-refractivity contribution in [3.05, 3.63) is 15.6 Å². The number of hydrogen-bond donors (Lipinski definition) is 1. The Balaban J connectivity index is 2.40. The molecular formula is C11H11IN4O4. The molecule has 20 heavy (non-hydrogen) atoms. The van der Waals surface area contributed by atoms with E-state index in [2.05, 4.69) is 14.7 Å². The third-order valence-electron chi connectivity index (χ3n) is 2.89. The molecule has 1 atom stereocenters. The Hall–Kier alpha value is -1.78. The molecule has 2 amide bonds. The van der Waals surface area contributed by atoms with Gasteiger partial charge in [0.25, 0.3) is 0 Å². The molecule has 1 aromatic heterocycles. The molecule has 8 nitrogen and oxygen atoms in total. The van der Waals surface area contributed by atoms with Crippen molar-refractivity contribution < 1.29 is 19.1 Å². The lowest BCUT2D eigenvalue weighted by Crippen LogP contribution is -2.31. The van der Waals surface area contributed by atoms with Gasteiger partial charge in [0.15, 0.2) is 11.5 Å². The van der Waals surface area contributed by atoms with Crippen molar-refractivity contribution in [1.29, 1.82) is 0 Å². The minimum atomic E-state index is -0.693. The number of esters is 1. The topological polar surface area (TPSA) is 115 Å². The molecule has 0 aliphatic carbocycles. The van der Waals surface area contributed by atoms with E-state index in [4.69, 9.17) is 5.73 Å². The molecule has 0 bridgehead atoms. The van der Waals surface area contributed by atoms with Crippen molar-refractivity contribution in [1.82, 2.24) is 9.97 Å². The Kier molecular flexibility index (Phi) is 4.16. The lowest BCUT2D eigenvalue weighted by molar-refractivity contribution is -0.123. The molecular weight excluding hydrogens is 379 g/mol. The van der Waals surface area contributed by atoms with E-state index >= 15 is 0 Å². The SMILES string of the molecule is COC(=O)c1nc(I)cnc1N1CC(C(N)=O)CC1=O. The number of rotatable bonds is 3. The largest absolute Gasteiger partial charge is 0.464 e. The second-order valence-electron chi connectivity index (χ2n) is 4.16. The van der Waals surface area contributed by atoms with Gasteiger partial charge in [-0.05, 0) is 22.6 Å². The molecule has 106 valence electrons. The van der Waals surface area contributed by atoms with E-state index in [0.29, 0.717) is 3.70 Å². The van der Waals surface area contributed by atoms with Gasteiger partial charge in [-0.25, -0.2) is 14.8 Å². The molecule has 0 spiro atoms. The molecule has 0 saturated carbocycles. The summed E-state index contributed by atoms with van der Waals surface area (Å²) in [7, 11) is 1.21. The molecule has 1 unspecified atom stereocenters. The van der Waals surface area contributed by atoms with Gasteiger partial charge in [0.05, 0.1) is 19.2 Å². The highest BCUT2D eigenvalue weighted by molar-refractivity contribution is 14.1. The summed E-state index contributed by atoms with van der Waals surface area (Å²) in [4.78, 5) is 44.1. The summed E-state index contributed by atoms with van der Waals surface area (Å²) in [6.45, 7) is 0.0907. The smallest absolute Gasteiger partial charge is 0.360 e. The summed E-state index contributed by atoms with van der Waals surface area (Å²) < 4.78 is 5.12. The normalized spacial score (nSPS) is 18.2. The third kappa shape index (κ3) is 2.71. The van der Waals surface area contributed by atoms with Crippen LogP contribution in [0.4, 0.5) is 5.82 Å². The molecule has 1 aliphatic heterocycles. The van der Waals surface area contributed by atoms with E-state index in [9.17, 15) is 14.4 Å². The lowest BCUT2D eigenvalue weighted by atomic mass is 10.1. The maximum absolute atomic E-state index is 11.9. The first-order valence-electron chi connectivity index (χ1n) is 5.64. The summed E-state index contributed by atoms with van der Waals surface area (Å²) in [5.74, 6) is -2.07. The van der Waals surface area contributed by atoms with Gasteiger partial charge in [-0.1, -0.05) is 0 Å². The van der Waals surface area contributed by atoms with Crippen LogP contribution in [0, 0.1) is 9.62 Å². The summed E-state index contributed by atoms with van der Waals surface area (Å²) in [6.07, 6.45) is 1.43. The van der Waals surface area contributed by atoms with Gasteiger partial charge < -0.3 is 10.5 Å². The van der Waals surface area contributed by atoms with Crippen LogP contribution < -0.4 is 10.6 Å². The molecule has 1 saturated heterocycles. The fourth-order valence-corrected chi connectivity index (χ4v) is 2.28. The number of nitrogens with zero attached hydrogens (tertiary/aromatic N) is 3. The third-order valence-corrected chi connectivity index (χ3v) is 3.41. The average Bonchev–Trinajstić information content (AvgIpc) is 2.80. The van der Waals surface area contributed by atoms with Crippen molar-refractivity contribution in [3.8, 4) is 0 Å². The Morgan fingerprint density at radius 1 is 1.55 bits per heavy atom. The second kappa shape index (κ2) is 5.69. The Morgan fingerprint density at radius 3 is 2.80 bits per heavy atom. The molecule has 1 aromatic rings. The minimum absolute atomic E-state index is 0.00358. The number of aromatic nitrogens is 2. The zero-order valence-electron chi connectivity index (χ0n) is 10.5. The highest BCUT2D eigenvalue weighted by Gasteiger charge is 2.37. The molecule has 2 heterocycles. The second-order valence-corrected chi connectivity index (χ2v) is 5.27. The van der Waals surface area contributed by atoms with E-state index in [1.54, 1.807) is 0 Å². The number of primary amides is 1. The first-order chi connectivity index (χ1) is 9.43. The van der Waals surface area contributed by atoms with Gasteiger partial charge in [0, 0.05) is 13.0 Å². The summed E-state index contributed by atoms with van der Waals surface area (Å²) in [5, 5.41) is 0. The van der Waals surface area contributed by atoms with Crippen LogP contribution in [0.5, 0.6) is 0 Å². The molecule has 1 aliphatic rings. The van der Waals surface area contributed by atoms with E-state index in [1.807, 2.05) is 22.6 Å². The zero-order valence-corrected chi connectivity index (χ0v) is 12.7. The number of amides is 2. The zero-order chi connectivity index (χ0) is 14.9. The van der Waals surface area contributed by atoms with Crippen molar-refractivity contribution in [2.24, 2.45) is 11.7 Å². The van der Waals surface area contributed by atoms with Gasteiger partial charge in [0.1, 0.15) is 3.70 Å². The van der Waals surface area contributed by atoms with Crippen LogP contribution in [0.15, 0.2) is 6.20 Å². The Bertz CT molecular complexity index is 592. The molecule has 0 aromatic carbocycles. The van der Waals surface area contributed by atoms with E-state index in [0.717, 1.165) is 0 Å². The number of halogens is 1. The number of ether oxygens (including phenoxy) is 1. The van der Waals surface area contributed by atoms with Crippen LogP contribution >= 0.6 is 22.6 Å². The first-order valence-corrected chi connectivity index (χ1v) is 6.72. The number of nitrogens with two attached hydrogens (primary N) is 1. The van der Waals surface area contributed by atoms with Gasteiger partial charge in [-0.2, -0.15) is 0 Å². The van der Waals surface area contributed by atoms with Crippen molar-refractivity contribution in [3.63, 3.8) is 0 Å². The lowest BCUT2D eigenvalue weighted by Gasteiger charge is -2.17. The van der Waals surface area contributed by atoms with E-state index in [1.165, 1.54) is 18.2 Å². The minimum Gasteiger partial charge on any atom is -0.464 e. The van der Waals surface area contributed by atoms with Crippen molar-refractivity contribution >= 4 is 46.2 Å². The molecule has 2 N–H and O–H groups in total. The van der Waals surface area contributed by atoms with Crippen LogP contribution in [0.3, 0.4) is 0 Å². The summed E-state index contributed by atoms with van der Waals surface area (Å²) in [6, 6.07) is 0. The quantitative estimate of drug-likeness (QED) is 0.560. The highest BCUT2D eigenvalue weighted by Crippen LogP contribution is 2.26. The van der Waals surface area contributed by atoms with E-state index in [-0.39, 0.29) is 30.4 Å². The highest BCUT2D eigenvalue weighted by atomic mass is 127. The molecule has 0 radical (unpaired) electrons. The van der Waals surface area contributed by atoms with Crippen molar-refractivity contribution in [2.45, 2.75) is 6.42 Å². The van der Waals surface area contributed by atoms with Gasteiger partial charge in [-0.15, -0.1) is 0 Å². The van der Waals surface area contributed by atoms with Crippen LogP contribution in [0.25, 0.3) is 0 Å². The predicted molar refractivity (Wildman–Crippen MR) is 75.7 cm³/mol. The van der Waals surface area contributed by atoms with Crippen LogP contribution in [0.2, 0.25) is 0 Å². The van der Waals surface area contributed by atoms with Crippen LogP contribution in [0.1, 0.15) is 16.9 Å². The van der Waals surface area contributed by atoms with Gasteiger partial charge in [-0.3, -0.25) is 14.5 Å². The predicted octanol–water partition coefficient (Wildman–Crippen LogP) is -0.294. The van der Waals surface area contributed by atoms with Gasteiger partial charge >= 0.3 is 5.97 Å². The summed E-state index contributed by atoms with van der Waals surface area (Å²) in [5.41, 5.74) is 5.14. The number of methoxy groups -OCH3 is 1. The first kappa shape index (κ1) is 14.6. The van der Waals surface area contributed by atoms with E-state index < -0.39 is 17.8 Å². The fourth-order valence-electron chi connectivity index (χ4n) is 1.90. The number of carbonyl (C=O) groups excluding carboxylic acids is 3. The van der Waals surface area contributed by atoms with Crippen LogP contribution in [-0.4, -0.2) is 41.4 Å². The van der Waals surface area contributed by atoms with Crippen LogP contribution in [-0.2, 0) is 14.3 Å². The summed E-state index contributed by atoms with van der Waals surface area (Å²) >= 11 is 1.90. The number of carbonyl (C=O) groups is 3. The monoisotopic (exact) mass is 390 g/mol. The Labute approximate surface area is 127 Å².